The molecule has 1 amide bonds. The van der Waals surface area contributed by atoms with Crippen molar-refractivity contribution in [1.82, 2.24) is 10.6 Å². The molecule has 2 aliphatic heterocycles. The lowest BCUT2D eigenvalue weighted by Gasteiger charge is -2.34. The molecule has 3 aliphatic rings. The van der Waals surface area contributed by atoms with Gasteiger partial charge in [-0.15, -0.1) is 23.1 Å². The van der Waals surface area contributed by atoms with Crippen molar-refractivity contribution < 1.29 is 4.79 Å². The monoisotopic (exact) mass is 382 g/mol. The van der Waals surface area contributed by atoms with E-state index in [1.54, 1.807) is 11.3 Å². The first-order valence-corrected chi connectivity index (χ1v) is 11.0. The van der Waals surface area contributed by atoms with Crippen molar-refractivity contribution in [2.45, 2.75) is 43.6 Å². The molecule has 134 valence electrons. The highest BCUT2D eigenvalue weighted by Crippen LogP contribution is 2.49. The number of amides is 1. The number of thioether (sulfide) groups is 1. The van der Waals surface area contributed by atoms with E-state index < -0.39 is 0 Å². The van der Waals surface area contributed by atoms with Crippen LogP contribution in [0.4, 0.5) is 0 Å². The first-order chi connectivity index (χ1) is 12.8. The molecule has 1 aromatic carbocycles. The molecule has 2 aromatic rings. The zero-order valence-corrected chi connectivity index (χ0v) is 16.2. The number of nitrogens with one attached hydrogen (secondary N) is 2. The molecule has 3 unspecified atom stereocenters. The molecule has 0 spiro atoms. The smallest absolute Gasteiger partial charge is 0.231 e. The van der Waals surface area contributed by atoms with E-state index in [9.17, 15) is 4.79 Å². The van der Waals surface area contributed by atoms with Crippen LogP contribution in [-0.2, 0) is 11.2 Å². The summed E-state index contributed by atoms with van der Waals surface area (Å²) in [5.41, 5.74) is 2.73. The van der Waals surface area contributed by atoms with E-state index in [1.807, 2.05) is 17.8 Å². The summed E-state index contributed by atoms with van der Waals surface area (Å²) in [5.74, 6) is 0.242. The van der Waals surface area contributed by atoms with Crippen LogP contribution in [0, 0.1) is 5.92 Å². The van der Waals surface area contributed by atoms with E-state index in [0.717, 1.165) is 19.3 Å². The third-order valence-corrected chi connectivity index (χ3v) is 8.06. The SMILES string of the molecule is O=C1NC(c2ccc(Cc3ccccc3)s2)NC2SC3=C(CCCC3)C12. The number of thiophene rings is 1. The minimum absolute atomic E-state index is 0.0373. The van der Waals surface area contributed by atoms with Gasteiger partial charge >= 0.3 is 0 Å². The van der Waals surface area contributed by atoms with E-state index in [4.69, 9.17) is 0 Å². The van der Waals surface area contributed by atoms with Crippen LogP contribution in [0.15, 0.2) is 52.9 Å². The second-order valence-electron chi connectivity index (χ2n) is 7.25. The Hall–Kier alpha value is -1.56. The summed E-state index contributed by atoms with van der Waals surface area (Å²) in [4.78, 5) is 16.8. The predicted octanol–water partition coefficient (Wildman–Crippen LogP) is 4.57. The first kappa shape index (κ1) is 16.6. The molecule has 0 radical (unpaired) electrons. The Morgan fingerprint density at radius 3 is 2.77 bits per heavy atom. The number of fused-ring (bicyclic) bond motifs is 2. The summed E-state index contributed by atoms with van der Waals surface area (Å²) < 4.78 is 0. The number of benzene rings is 1. The zero-order chi connectivity index (χ0) is 17.5. The van der Waals surface area contributed by atoms with Crippen LogP contribution < -0.4 is 10.6 Å². The summed E-state index contributed by atoms with van der Waals surface area (Å²) in [6, 6.07) is 14.9. The maximum Gasteiger partial charge on any atom is 0.231 e. The average Bonchev–Trinajstić information content (AvgIpc) is 3.27. The maximum absolute atomic E-state index is 12.8. The van der Waals surface area contributed by atoms with Crippen LogP contribution in [0.5, 0.6) is 0 Å². The predicted molar refractivity (Wildman–Crippen MR) is 108 cm³/mol. The summed E-state index contributed by atoms with van der Waals surface area (Å²) >= 11 is 3.70. The van der Waals surface area contributed by atoms with Crippen LogP contribution in [0.3, 0.4) is 0 Å². The van der Waals surface area contributed by atoms with Crippen LogP contribution in [0.2, 0.25) is 0 Å². The van der Waals surface area contributed by atoms with Crippen molar-refractivity contribution in [1.29, 1.82) is 0 Å². The van der Waals surface area contributed by atoms with Gasteiger partial charge in [-0.2, -0.15) is 0 Å². The molecule has 0 bridgehead atoms. The van der Waals surface area contributed by atoms with E-state index in [1.165, 1.54) is 38.6 Å². The molecule has 2 N–H and O–H groups in total. The van der Waals surface area contributed by atoms with Crippen LogP contribution in [-0.4, -0.2) is 11.3 Å². The van der Waals surface area contributed by atoms with Gasteiger partial charge in [0, 0.05) is 16.2 Å². The van der Waals surface area contributed by atoms with E-state index in [-0.39, 0.29) is 23.4 Å². The van der Waals surface area contributed by atoms with Gasteiger partial charge < -0.3 is 5.32 Å². The van der Waals surface area contributed by atoms with E-state index in [2.05, 4.69) is 47.0 Å². The minimum Gasteiger partial charge on any atom is -0.335 e. The molecule has 1 aromatic heterocycles. The highest BCUT2D eigenvalue weighted by molar-refractivity contribution is 8.04. The van der Waals surface area contributed by atoms with Crippen LogP contribution in [0.25, 0.3) is 0 Å². The fourth-order valence-corrected chi connectivity index (χ4v) is 6.86. The van der Waals surface area contributed by atoms with Gasteiger partial charge in [0.25, 0.3) is 0 Å². The summed E-state index contributed by atoms with van der Waals surface area (Å²) in [6.45, 7) is 0. The Labute approximate surface area is 162 Å². The number of allylic oxidation sites excluding steroid dienone is 1. The molecule has 0 saturated carbocycles. The number of rotatable bonds is 3. The second kappa shape index (κ2) is 6.87. The zero-order valence-electron chi connectivity index (χ0n) is 14.5. The normalized spacial score (nSPS) is 27.8. The summed E-state index contributed by atoms with van der Waals surface area (Å²) in [6.07, 6.45) is 5.64. The van der Waals surface area contributed by atoms with Crippen LogP contribution >= 0.6 is 23.1 Å². The van der Waals surface area contributed by atoms with Crippen LogP contribution in [0.1, 0.15) is 47.2 Å². The molecule has 3 nitrogen and oxygen atoms in total. The molecule has 26 heavy (non-hydrogen) atoms. The third kappa shape index (κ3) is 3.02. The van der Waals surface area contributed by atoms with Gasteiger partial charge in [-0.25, -0.2) is 0 Å². The molecule has 1 saturated heterocycles. The molecular formula is C21H22N2OS2. The fourth-order valence-electron chi connectivity index (χ4n) is 4.23. The Kier molecular flexibility index (Phi) is 4.39. The molecule has 5 rings (SSSR count). The van der Waals surface area contributed by atoms with Gasteiger partial charge in [0.05, 0.1) is 11.3 Å². The van der Waals surface area contributed by atoms with Gasteiger partial charge in [0.2, 0.25) is 5.91 Å². The molecule has 1 fully saturated rings. The van der Waals surface area contributed by atoms with Gasteiger partial charge in [0.1, 0.15) is 6.17 Å². The lowest BCUT2D eigenvalue weighted by atomic mass is 9.87. The topological polar surface area (TPSA) is 41.1 Å². The van der Waals surface area contributed by atoms with Crippen molar-refractivity contribution in [3.8, 4) is 0 Å². The number of carbonyl (C=O) groups excluding carboxylic acids is 1. The second-order valence-corrected chi connectivity index (χ2v) is 9.68. The van der Waals surface area contributed by atoms with Gasteiger partial charge in [0.15, 0.2) is 0 Å². The molecule has 5 heteroatoms. The Balaban J connectivity index is 1.31. The average molecular weight is 383 g/mol. The number of hydrogen-bond acceptors (Lipinski definition) is 4. The molecule has 1 aliphatic carbocycles. The largest absolute Gasteiger partial charge is 0.335 e. The Morgan fingerprint density at radius 1 is 1.04 bits per heavy atom. The quantitative estimate of drug-likeness (QED) is 0.817. The van der Waals surface area contributed by atoms with Gasteiger partial charge in [-0.05, 0) is 53.9 Å². The Morgan fingerprint density at radius 2 is 1.88 bits per heavy atom. The van der Waals surface area contributed by atoms with Crippen molar-refractivity contribution in [2.75, 3.05) is 0 Å². The highest BCUT2D eigenvalue weighted by Gasteiger charge is 2.45. The lowest BCUT2D eigenvalue weighted by molar-refractivity contribution is -0.127. The maximum atomic E-state index is 12.8. The number of hydrogen-bond donors (Lipinski definition) is 2. The van der Waals surface area contributed by atoms with E-state index in [0.29, 0.717) is 0 Å². The van der Waals surface area contributed by atoms with Crippen molar-refractivity contribution in [3.05, 3.63) is 68.3 Å². The third-order valence-electron chi connectivity index (χ3n) is 5.49. The number of carbonyl (C=O) groups is 1. The summed E-state index contributed by atoms with van der Waals surface area (Å²) in [5, 5.41) is 7.13. The minimum atomic E-state index is -0.0628. The summed E-state index contributed by atoms with van der Waals surface area (Å²) in [7, 11) is 0. The first-order valence-electron chi connectivity index (χ1n) is 9.35. The highest BCUT2D eigenvalue weighted by atomic mass is 32.2. The molecule has 3 heterocycles. The van der Waals surface area contributed by atoms with Gasteiger partial charge in [-0.1, -0.05) is 30.3 Å². The van der Waals surface area contributed by atoms with E-state index >= 15 is 0 Å². The van der Waals surface area contributed by atoms with Crippen molar-refractivity contribution in [3.63, 3.8) is 0 Å². The Bertz CT molecular complexity index is 858. The van der Waals surface area contributed by atoms with Crippen molar-refractivity contribution >= 4 is 29.0 Å². The van der Waals surface area contributed by atoms with Crippen molar-refractivity contribution in [2.24, 2.45) is 5.92 Å². The molecular weight excluding hydrogens is 360 g/mol. The van der Waals surface area contributed by atoms with Gasteiger partial charge in [-0.3, -0.25) is 10.1 Å². The standard InChI is InChI=1S/C21H22N2OS2/c24-20-18-15-8-4-5-9-16(15)26-21(18)23-19(22-20)17-11-10-14(25-17)12-13-6-2-1-3-7-13/h1-3,6-7,10-11,18-19,21,23H,4-5,8-9,12H2,(H,22,24). The lowest BCUT2D eigenvalue weighted by Crippen LogP contribution is -2.54. The molecule has 3 atom stereocenters. The fraction of sp³-hybridized carbons (Fsp3) is 0.381.